The molecule has 0 unspecified atom stereocenters. The van der Waals surface area contributed by atoms with Gasteiger partial charge < -0.3 is 10.0 Å². The van der Waals surface area contributed by atoms with Crippen molar-refractivity contribution in [1.29, 1.82) is 0 Å². The summed E-state index contributed by atoms with van der Waals surface area (Å²) in [6, 6.07) is -0.715. The molecule has 0 fully saturated rings. The van der Waals surface area contributed by atoms with Gasteiger partial charge in [-0.1, -0.05) is 20.8 Å². The molecular formula is C9H17NO3. The molecule has 0 saturated carbocycles. The van der Waals surface area contributed by atoms with Crippen LogP contribution in [0.2, 0.25) is 0 Å². The predicted octanol–water partition coefficient (Wildman–Crippen LogP) is 0.964. The van der Waals surface area contributed by atoms with Crippen LogP contribution in [0, 0.1) is 5.92 Å². The minimum atomic E-state index is -0.945. The molecule has 0 aliphatic carbocycles. The highest BCUT2D eigenvalue weighted by Crippen LogP contribution is 2.10. The van der Waals surface area contributed by atoms with Crippen molar-refractivity contribution >= 4 is 11.9 Å². The number of carboxylic acid groups (broad SMARTS) is 1. The van der Waals surface area contributed by atoms with Gasteiger partial charge in [0.2, 0.25) is 5.91 Å². The summed E-state index contributed by atoms with van der Waals surface area (Å²) in [5.74, 6) is -1.15. The Morgan fingerprint density at radius 3 is 2.08 bits per heavy atom. The van der Waals surface area contributed by atoms with E-state index in [2.05, 4.69) is 0 Å². The fourth-order valence-electron chi connectivity index (χ4n) is 1.30. The molecule has 1 amide bonds. The maximum Gasteiger partial charge on any atom is 0.326 e. The number of amides is 1. The van der Waals surface area contributed by atoms with Crippen molar-refractivity contribution in [1.82, 2.24) is 4.90 Å². The zero-order chi connectivity index (χ0) is 10.6. The van der Waals surface area contributed by atoms with Crippen LogP contribution >= 0.6 is 0 Å². The predicted molar refractivity (Wildman–Crippen MR) is 49.3 cm³/mol. The third-order valence-corrected chi connectivity index (χ3v) is 2.00. The van der Waals surface area contributed by atoms with Gasteiger partial charge in [0.1, 0.15) is 6.04 Å². The third-order valence-electron chi connectivity index (χ3n) is 2.00. The second kappa shape index (κ2) is 4.84. The normalized spacial score (nSPS) is 12.7. The third kappa shape index (κ3) is 3.05. The molecule has 13 heavy (non-hydrogen) atoms. The van der Waals surface area contributed by atoms with Gasteiger partial charge in [0.15, 0.2) is 0 Å². The van der Waals surface area contributed by atoms with Crippen molar-refractivity contribution in [3.63, 3.8) is 0 Å². The van der Waals surface area contributed by atoms with Gasteiger partial charge in [0, 0.05) is 13.5 Å². The zero-order valence-electron chi connectivity index (χ0n) is 8.57. The molecule has 0 radical (unpaired) electrons. The molecule has 0 aliphatic rings. The molecule has 0 spiro atoms. The van der Waals surface area contributed by atoms with Crippen LogP contribution in [0.5, 0.6) is 0 Å². The minimum Gasteiger partial charge on any atom is -0.480 e. The van der Waals surface area contributed by atoms with Crippen LogP contribution in [0.25, 0.3) is 0 Å². The first-order valence-corrected chi connectivity index (χ1v) is 4.40. The summed E-state index contributed by atoms with van der Waals surface area (Å²) < 4.78 is 0. The van der Waals surface area contributed by atoms with Gasteiger partial charge in [0.25, 0.3) is 0 Å². The molecule has 4 nitrogen and oxygen atoms in total. The lowest BCUT2D eigenvalue weighted by Crippen LogP contribution is -2.45. The van der Waals surface area contributed by atoms with Gasteiger partial charge in [-0.2, -0.15) is 0 Å². The minimum absolute atomic E-state index is 0.0713. The first-order chi connectivity index (χ1) is 5.91. The molecular weight excluding hydrogens is 170 g/mol. The van der Waals surface area contributed by atoms with Crippen molar-refractivity contribution in [2.45, 2.75) is 33.2 Å². The number of hydrogen-bond acceptors (Lipinski definition) is 2. The van der Waals surface area contributed by atoms with Crippen LogP contribution in [0.1, 0.15) is 27.2 Å². The molecule has 0 saturated heterocycles. The number of rotatable bonds is 4. The largest absolute Gasteiger partial charge is 0.480 e. The lowest BCUT2D eigenvalue weighted by molar-refractivity contribution is -0.150. The van der Waals surface area contributed by atoms with Crippen LogP contribution in [0.15, 0.2) is 0 Å². The van der Waals surface area contributed by atoms with Gasteiger partial charge in [-0.15, -0.1) is 0 Å². The highest BCUT2D eigenvalue weighted by atomic mass is 16.4. The zero-order valence-corrected chi connectivity index (χ0v) is 8.57. The summed E-state index contributed by atoms with van der Waals surface area (Å²) in [6.45, 7) is 5.30. The average molecular weight is 187 g/mol. The molecule has 4 heteroatoms. The number of carboxylic acids is 1. The van der Waals surface area contributed by atoms with Crippen molar-refractivity contribution in [2.75, 3.05) is 7.05 Å². The summed E-state index contributed by atoms with van der Waals surface area (Å²) in [6.07, 6.45) is 0.340. The summed E-state index contributed by atoms with van der Waals surface area (Å²) in [5.41, 5.74) is 0. The second-order valence-electron chi connectivity index (χ2n) is 3.39. The van der Waals surface area contributed by atoms with E-state index in [4.69, 9.17) is 5.11 Å². The number of aliphatic carboxylic acids is 1. The van der Waals surface area contributed by atoms with E-state index < -0.39 is 12.0 Å². The molecule has 0 aliphatic heterocycles. The van der Waals surface area contributed by atoms with Gasteiger partial charge in [0.05, 0.1) is 0 Å². The molecule has 0 bridgehead atoms. The highest BCUT2D eigenvalue weighted by molar-refractivity contribution is 5.83. The summed E-state index contributed by atoms with van der Waals surface area (Å²) in [5, 5.41) is 8.86. The quantitative estimate of drug-likeness (QED) is 0.713. The van der Waals surface area contributed by atoms with Crippen LogP contribution in [-0.4, -0.2) is 35.0 Å². The molecule has 0 heterocycles. The summed E-state index contributed by atoms with van der Waals surface area (Å²) >= 11 is 0. The number of carbonyl (C=O) groups excluding carboxylic acids is 1. The first-order valence-electron chi connectivity index (χ1n) is 4.40. The van der Waals surface area contributed by atoms with Gasteiger partial charge in [-0.05, 0) is 5.92 Å². The maximum atomic E-state index is 11.2. The van der Waals surface area contributed by atoms with Crippen molar-refractivity contribution in [3.05, 3.63) is 0 Å². The first kappa shape index (κ1) is 11.9. The molecule has 0 aromatic rings. The molecule has 0 rings (SSSR count). The van der Waals surface area contributed by atoms with E-state index >= 15 is 0 Å². The lowest BCUT2D eigenvalue weighted by Gasteiger charge is -2.27. The number of nitrogens with zero attached hydrogens (tertiary/aromatic N) is 1. The summed E-state index contributed by atoms with van der Waals surface area (Å²) in [4.78, 5) is 23.3. The Hall–Kier alpha value is -1.06. The Morgan fingerprint density at radius 2 is 1.85 bits per heavy atom. The number of carbonyl (C=O) groups is 2. The van der Waals surface area contributed by atoms with Crippen LogP contribution in [0.3, 0.4) is 0 Å². The van der Waals surface area contributed by atoms with E-state index in [1.165, 1.54) is 11.9 Å². The van der Waals surface area contributed by atoms with E-state index in [1.54, 1.807) is 20.8 Å². The standard InChI is InChI=1S/C9H17NO3/c1-5-7(11)10(4)8(6(2)3)9(12)13/h6,8H,5H2,1-4H3,(H,12,13)/t8-/m1/s1. The average Bonchev–Trinajstić information content (AvgIpc) is 2.01. The summed E-state index contributed by atoms with van der Waals surface area (Å²) in [7, 11) is 1.53. The van der Waals surface area contributed by atoms with E-state index in [0.29, 0.717) is 6.42 Å². The highest BCUT2D eigenvalue weighted by Gasteiger charge is 2.28. The molecule has 0 aromatic heterocycles. The van der Waals surface area contributed by atoms with E-state index in [-0.39, 0.29) is 11.8 Å². The Kier molecular flexibility index (Phi) is 4.45. The van der Waals surface area contributed by atoms with Crippen molar-refractivity contribution in [3.8, 4) is 0 Å². The second-order valence-corrected chi connectivity index (χ2v) is 3.39. The van der Waals surface area contributed by atoms with Gasteiger partial charge in [-0.25, -0.2) is 4.79 Å². The molecule has 0 aromatic carbocycles. The molecule has 1 N–H and O–H groups in total. The number of likely N-dealkylation sites (N-methyl/N-ethyl adjacent to an activating group) is 1. The SMILES string of the molecule is CCC(=O)N(C)[C@@H](C(=O)O)C(C)C. The van der Waals surface area contributed by atoms with Crippen LogP contribution < -0.4 is 0 Å². The Balaban J connectivity index is 4.55. The van der Waals surface area contributed by atoms with E-state index in [1.807, 2.05) is 0 Å². The smallest absolute Gasteiger partial charge is 0.326 e. The fourth-order valence-corrected chi connectivity index (χ4v) is 1.30. The van der Waals surface area contributed by atoms with Crippen molar-refractivity contribution < 1.29 is 14.7 Å². The van der Waals surface area contributed by atoms with E-state index in [9.17, 15) is 9.59 Å². The van der Waals surface area contributed by atoms with Gasteiger partial charge >= 0.3 is 5.97 Å². The molecule has 76 valence electrons. The van der Waals surface area contributed by atoms with Gasteiger partial charge in [-0.3, -0.25) is 4.79 Å². The fraction of sp³-hybridized carbons (Fsp3) is 0.778. The lowest BCUT2D eigenvalue weighted by atomic mass is 10.0. The Labute approximate surface area is 78.5 Å². The Morgan fingerprint density at radius 1 is 1.38 bits per heavy atom. The number of hydrogen-bond donors (Lipinski definition) is 1. The molecule has 1 atom stereocenters. The van der Waals surface area contributed by atoms with Crippen molar-refractivity contribution in [2.24, 2.45) is 5.92 Å². The maximum absolute atomic E-state index is 11.2. The Bertz CT molecular complexity index is 201. The topological polar surface area (TPSA) is 57.6 Å². The van der Waals surface area contributed by atoms with Crippen LogP contribution in [0.4, 0.5) is 0 Å². The monoisotopic (exact) mass is 187 g/mol. The van der Waals surface area contributed by atoms with E-state index in [0.717, 1.165) is 0 Å². The van der Waals surface area contributed by atoms with Crippen LogP contribution in [-0.2, 0) is 9.59 Å².